The molecule has 0 spiro atoms. The molecule has 2 aromatic carbocycles. The van der Waals surface area contributed by atoms with Crippen LogP contribution in [0, 0.1) is 0 Å². The fourth-order valence-corrected chi connectivity index (χ4v) is 4.23. The van der Waals surface area contributed by atoms with Gasteiger partial charge in [-0.15, -0.1) is 0 Å². The molecule has 1 aliphatic carbocycles. The molecule has 0 aromatic heterocycles. The van der Waals surface area contributed by atoms with E-state index in [2.05, 4.69) is 5.32 Å². The zero-order valence-electron chi connectivity index (χ0n) is 16.8. The largest absolute Gasteiger partial charge is 0.493 e. The Balaban J connectivity index is 1.91. The Kier molecular flexibility index (Phi) is 6.80. The van der Waals surface area contributed by atoms with Gasteiger partial charge in [0.15, 0.2) is 0 Å². The molecular weight excluding hydrogens is 390 g/mol. The molecule has 2 aromatic rings. The van der Waals surface area contributed by atoms with E-state index in [1.54, 1.807) is 18.2 Å². The number of esters is 1. The maximum absolute atomic E-state index is 13.4. The van der Waals surface area contributed by atoms with Crippen LogP contribution in [-0.2, 0) is 14.9 Å². The molecule has 29 heavy (non-hydrogen) atoms. The lowest BCUT2D eigenvalue weighted by Gasteiger charge is -2.29. The van der Waals surface area contributed by atoms with E-state index in [0.29, 0.717) is 23.1 Å². The van der Waals surface area contributed by atoms with Crippen LogP contribution >= 0.6 is 11.6 Å². The van der Waals surface area contributed by atoms with Crippen LogP contribution in [0.3, 0.4) is 0 Å². The van der Waals surface area contributed by atoms with E-state index in [1.807, 2.05) is 31.2 Å². The second kappa shape index (κ2) is 9.31. The molecule has 0 aliphatic heterocycles. The Morgan fingerprint density at radius 1 is 1.14 bits per heavy atom. The van der Waals surface area contributed by atoms with Crippen LogP contribution in [0.5, 0.6) is 5.75 Å². The quantitative estimate of drug-likeness (QED) is 0.618. The molecule has 0 atom stereocenters. The number of methoxy groups -OCH3 is 1. The third-order valence-electron chi connectivity index (χ3n) is 5.39. The molecule has 1 aliphatic rings. The molecule has 3 rings (SSSR count). The van der Waals surface area contributed by atoms with Crippen molar-refractivity contribution in [3.05, 3.63) is 58.6 Å². The van der Waals surface area contributed by atoms with Gasteiger partial charge >= 0.3 is 5.97 Å². The first-order chi connectivity index (χ1) is 14.0. The summed E-state index contributed by atoms with van der Waals surface area (Å²) in [6.07, 6.45) is 4.24. The van der Waals surface area contributed by atoms with Gasteiger partial charge in [-0.1, -0.05) is 49.6 Å². The highest BCUT2D eigenvalue weighted by atomic mass is 35.5. The second-order valence-electron chi connectivity index (χ2n) is 7.27. The summed E-state index contributed by atoms with van der Waals surface area (Å²) in [5, 5.41) is 3.59. The van der Waals surface area contributed by atoms with Gasteiger partial charge in [-0.2, -0.15) is 0 Å². The number of nitrogens with one attached hydrogen (secondary N) is 1. The Morgan fingerprint density at radius 2 is 1.86 bits per heavy atom. The van der Waals surface area contributed by atoms with Gasteiger partial charge in [0.25, 0.3) is 0 Å². The Bertz CT molecular complexity index is 890. The van der Waals surface area contributed by atoms with Crippen LogP contribution in [0.4, 0.5) is 5.69 Å². The average Bonchev–Trinajstić information content (AvgIpc) is 3.23. The molecule has 1 N–H and O–H groups in total. The molecule has 0 radical (unpaired) electrons. The first-order valence-electron chi connectivity index (χ1n) is 9.93. The number of halogens is 1. The van der Waals surface area contributed by atoms with Crippen molar-refractivity contribution in [2.75, 3.05) is 19.0 Å². The number of rotatable bonds is 7. The molecule has 0 heterocycles. The van der Waals surface area contributed by atoms with Crippen molar-refractivity contribution in [1.29, 1.82) is 0 Å². The fourth-order valence-electron chi connectivity index (χ4n) is 3.91. The van der Waals surface area contributed by atoms with Crippen molar-refractivity contribution in [1.82, 2.24) is 0 Å². The molecular formula is C23H26ClNO4. The number of ether oxygens (including phenoxy) is 2. The maximum Gasteiger partial charge on any atom is 0.341 e. The summed E-state index contributed by atoms with van der Waals surface area (Å²) < 4.78 is 10.5. The van der Waals surface area contributed by atoms with E-state index in [-0.39, 0.29) is 11.5 Å². The minimum absolute atomic E-state index is 0.110. The van der Waals surface area contributed by atoms with Crippen LogP contribution in [0.15, 0.2) is 42.5 Å². The van der Waals surface area contributed by atoms with Crippen molar-refractivity contribution in [3.8, 4) is 5.75 Å². The first kappa shape index (κ1) is 21.2. The Hall–Kier alpha value is -2.53. The smallest absolute Gasteiger partial charge is 0.341 e. The zero-order valence-corrected chi connectivity index (χ0v) is 17.6. The number of carbonyl (C=O) groups is 2. The molecule has 6 heteroatoms. The molecule has 5 nitrogen and oxygen atoms in total. The SMILES string of the molecule is CCCOc1ccc(NC(=O)C2(c3ccccc3Cl)CCCC2)cc1C(=O)OC. The number of hydrogen-bond acceptors (Lipinski definition) is 4. The van der Waals surface area contributed by atoms with E-state index in [1.165, 1.54) is 7.11 Å². The predicted molar refractivity (Wildman–Crippen MR) is 114 cm³/mol. The Labute approximate surface area is 176 Å². The molecule has 1 saturated carbocycles. The van der Waals surface area contributed by atoms with Gasteiger partial charge in [-0.25, -0.2) is 4.79 Å². The molecule has 1 fully saturated rings. The van der Waals surface area contributed by atoms with Gasteiger partial charge in [0.05, 0.1) is 19.1 Å². The number of amides is 1. The lowest BCUT2D eigenvalue weighted by molar-refractivity contribution is -0.121. The third kappa shape index (κ3) is 4.40. The summed E-state index contributed by atoms with van der Waals surface area (Å²) in [7, 11) is 1.32. The minimum Gasteiger partial charge on any atom is -0.493 e. The highest BCUT2D eigenvalue weighted by molar-refractivity contribution is 6.32. The normalized spacial score (nSPS) is 15.0. The van der Waals surface area contributed by atoms with E-state index < -0.39 is 11.4 Å². The molecule has 154 valence electrons. The average molecular weight is 416 g/mol. The summed E-state index contributed by atoms with van der Waals surface area (Å²) in [6, 6.07) is 12.5. The standard InChI is InChI=1S/C23H26ClNO4/c1-3-14-29-20-11-10-16(15-17(20)21(26)28-2)25-22(27)23(12-6-7-13-23)18-8-4-5-9-19(18)24/h4-5,8-11,15H,3,6-7,12-14H2,1-2H3,(H,25,27). The number of benzene rings is 2. The predicted octanol–water partition coefficient (Wildman–Crippen LogP) is 5.37. The van der Waals surface area contributed by atoms with Gasteiger partial charge in [-0.3, -0.25) is 4.79 Å². The highest BCUT2D eigenvalue weighted by Gasteiger charge is 2.44. The number of carbonyl (C=O) groups excluding carboxylic acids is 2. The third-order valence-corrected chi connectivity index (χ3v) is 5.72. The van der Waals surface area contributed by atoms with Crippen LogP contribution in [0.1, 0.15) is 54.9 Å². The fraction of sp³-hybridized carbons (Fsp3) is 0.391. The summed E-state index contributed by atoms with van der Waals surface area (Å²) in [5.74, 6) is -0.173. The topological polar surface area (TPSA) is 64.6 Å². The van der Waals surface area contributed by atoms with Crippen molar-refractivity contribution in [3.63, 3.8) is 0 Å². The highest BCUT2D eigenvalue weighted by Crippen LogP contribution is 2.44. The maximum atomic E-state index is 13.4. The molecule has 0 bridgehead atoms. The van der Waals surface area contributed by atoms with Gasteiger partial charge in [0, 0.05) is 10.7 Å². The summed E-state index contributed by atoms with van der Waals surface area (Å²) in [5.41, 5.74) is 1.00. The minimum atomic E-state index is -0.666. The summed E-state index contributed by atoms with van der Waals surface area (Å²) in [4.78, 5) is 25.6. The molecule has 1 amide bonds. The number of hydrogen-bond donors (Lipinski definition) is 1. The van der Waals surface area contributed by atoms with Crippen LogP contribution in [0.2, 0.25) is 5.02 Å². The molecule has 0 saturated heterocycles. The summed E-state index contributed by atoms with van der Waals surface area (Å²) in [6.45, 7) is 2.48. The van der Waals surface area contributed by atoms with E-state index in [4.69, 9.17) is 21.1 Å². The van der Waals surface area contributed by atoms with E-state index >= 15 is 0 Å². The summed E-state index contributed by atoms with van der Waals surface area (Å²) >= 11 is 6.44. The number of anilines is 1. The van der Waals surface area contributed by atoms with Crippen molar-refractivity contribution < 1.29 is 19.1 Å². The van der Waals surface area contributed by atoms with Gasteiger partial charge in [0.1, 0.15) is 11.3 Å². The first-order valence-corrected chi connectivity index (χ1v) is 10.3. The lowest BCUT2D eigenvalue weighted by Crippen LogP contribution is -2.38. The van der Waals surface area contributed by atoms with Crippen molar-refractivity contribution >= 4 is 29.2 Å². The Morgan fingerprint density at radius 3 is 2.52 bits per heavy atom. The molecule has 0 unspecified atom stereocenters. The zero-order chi connectivity index (χ0) is 20.9. The van der Waals surface area contributed by atoms with Gasteiger partial charge in [0.2, 0.25) is 5.91 Å². The second-order valence-corrected chi connectivity index (χ2v) is 7.68. The monoisotopic (exact) mass is 415 g/mol. The van der Waals surface area contributed by atoms with Crippen molar-refractivity contribution in [2.24, 2.45) is 0 Å². The van der Waals surface area contributed by atoms with Gasteiger partial charge in [-0.05, 0) is 49.1 Å². The van der Waals surface area contributed by atoms with E-state index in [9.17, 15) is 9.59 Å². The van der Waals surface area contributed by atoms with Crippen LogP contribution in [-0.4, -0.2) is 25.6 Å². The van der Waals surface area contributed by atoms with Gasteiger partial charge < -0.3 is 14.8 Å². The van der Waals surface area contributed by atoms with E-state index in [0.717, 1.165) is 37.7 Å². The van der Waals surface area contributed by atoms with Crippen molar-refractivity contribution in [2.45, 2.75) is 44.4 Å². The van der Waals surface area contributed by atoms with Crippen LogP contribution < -0.4 is 10.1 Å². The van der Waals surface area contributed by atoms with Crippen LogP contribution in [0.25, 0.3) is 0 Å². The lowest BCUT2D eigenvalue weighted by atomic mass is 9.78.